The van der Waals surface area contributed by atoms with Gasteiger partial charge in [0.2, 0.25) is 0 Å². The van der Waals surface area contributed by atoms with Crippen molar-refractivity contribution in [2.75, 3.05) is 11.1 Å². The second-order valence-electron chi connectivity index (χ2n) is 8.52. The van der Waals surface area contributed by atoms with Gasteiger partial charge in [0.25, 0.3) is 5.91 Å². The van der Waals surface area contributed by atoms with Gasteiger partial charge in [0.15, 0.2) is 5.69 Å². The standard InChI is InChI=1S/C23H25F2N5OS/c1-11-5-13(9-14(26)6-11)15-3-4-28-10-18(15)29-22(31)20-21(27)32-23(30-20)19-16(24)7-12(2)8-17(19)25/h3-4,7-8,10-11,13-14H,5-6,9,26-27H2,1-2H3,(H,29,31). The number of nitrogens with one attached hydrogen (secondary N) is 1. The number of nitrogen functional groups attached to an aromatic ring is 1. The Labute approximate surface area is 189 Å². The average Bonchev–Trinajstić information content (AvgIpc) is 3.08. The van der Waals surface area contributed by atoms with E-state index in [0.29, 0.717) is 17.2 Å². The molecule has 1 fully saturated rings. The van der Waals surface area contributed by atoms with Gasteiger partial charge in [-0.3, -0.25) is 9.78 Å². The molecule has 0 saturated heterocycles. The van der Waals surface area contributed by atoms with Gasteiger partial charge >= 0.3 is 0 Å². The molecule has 3 atom stereocenters. The number of hydrogen-bond acceptors (Lipinski definition) is 6. The smallest absolute Gasteiger partial charge is 0.277 e. The predicted molar refractivity (Wildman–Crippen MR) is 123 cm³/mol. The van der Waals surface area contributed by atoms with Crippen LogP contribution in [-0.4, -0.2) is 21.9 Å². The molecule has 5 N–H and O–H groups in total. The minimum Gasteiger partial charge on any atom is -0.389 e. The highest BCUT2D eigenvalue weighted by atomic mass is 32.1. The third kappa shape index (κ3) is 4.49. The average molecular weight is 458 g/mol. The van der Waals surface area contributed by atoms with Crippen LogP contribution in [-0.2, 0) is 0 Å². The third-order valence-electron chi connectivity index (χ3n) is 5.79. The van der Waals surface area contributed by atoms with Crippen molar-refractivity contribution in [1.29, 1.82) is 0 Å². The molecule has 0 bridgehead atoms. The molecule has 32 heavy (non-hydrogen) atoms. The number of hydrogen-bond donors (Lipinski definition) is 3. The van der Waals surface area contributed by atoms with Gasteiger partial charge in [-0.15, -0.1) is 0 Å². The Morgan fingerprint density at radius 1 is 1.22 bits per heavy atom. The highest BCUT2D eigenvalue weighted by Crippen LogP contribution is 2.39. The fraction of sp³-hybridized carbons (Fsp3) is 0.348. The normalized spacial score (nSPS) is 20.8. The Morgan fingerprint density at radius 2 is 1.94 bits per heavy atom. The van der Waals surface area contributed by atoms with Crippen LogP contribution in [0.25, 0.3) is 10.6 Å². The van der Waals surface area contributed by atoms with E-state index < -0.39 is 17.5 Å². The summed E-state index contributed by atoms with van der Waals surface area (Å²) < 4.78 is 28.7. The zero-order valence-electron chi connectivity index (χ0n) is 17.9. The number of nitrogens with zero attached hydrogens (tertiary/aromatic N) is 2. The molecule has 0 aliphatic heterocycles. The number of nitrogens with two attached hydrogens (primary N) is 2. The Kier molecular flexibility index (Phi) is 6.21. The quantitative estimate of drug-likeness (QED) is 0.519. The fourth-order valence-electron chi connectivity index (χ4n) is 4.46. The SMILES string of the molecule is Cc1cc(F)c(-c2nc(C(=O)Nc3cnccc3C3CC(C)CC(N)C3)c(N)s2)c(F)c1. The van der Waals surface area contributed by atoms with E-state index in [0.717, 1.165) is 36.2 Å². The van der Waals surface area contributed by atoms with Gasteiger partial charge in [-0.05, 0) is 67.3 Å². The lowest BCUT2D eigenvalue weighted by Gasteiger charge is -2.32. The number of rotatable bonds is 4. The Bertz CT molecular complexity index is 1130. The number of halogens is 2. The Hall–Kier alpha value is -2.91. The first-order chi connectivity index (χ1) is 15.2. The number of carbonyl (C=O) groups is 1. The Balaban J connectivity index is 1.61. The molecule has 3 unspecified atom stereocenters. The number of carbonyl (C=O) groups excluding carboxylic acids is 1. The van der Waals surface area contributed by atoms with Crippen LogP contribution in [0, 0.1) is 24.5 Å². The second-order valence-corrected chi connectivity index (χ2v) is 9.55. The van der Waals surface area contributed by atoms with Gasteiger partial charge < -0.3 is 16.8 Å². The molecule has 1 aromatic carbocycles. The summed E-state index contributed by atoms with van der Waals surface area (Å²) in [6.07, 6.45) is 6.05. The highest BCUT2D eigenvalue weighted by molar-refractivity contribution is 7.19. The van der Waals surface area contributed by atoms with Crippen LogP contribution in [0.4, 0.5) is 19.5 Å². The van der Waals surface area contributed by atoms with Crippen molar-refractivity contribution >= 4 is 27.9 Å². The first kappa shape index (κ1) is 22.3. The molecule has 9 heteroatoms. The summed E-state index contributed by atoms with van der Waals surface area (Å²) in [6.45, 7) is 3.77. The van der Waals surface area contributed by atoms with Crippen LogP contribution in [0.2, 0.25) is 0 Å². The minimum atomic E-state index is -0.750. The van der Waals surface area contributed by atoms with Gasteiger partial charge in [-0.25, -0.2) is 13.8 Å². The second kappa shape index (κ2) is 8.91. The number of aryl methyl sites for hydroxylation is 1. The highest BCUT2D eigenvalue weighted by Gasteiger charge is 2.28. The van der Waals surface area contributed by atoms with Crippen LogP contribution in [0.3, 0.4) is 0 Å². The molecule has 2 heterocycles. The molecule has 0 radical (unpaired) electrons. The molecule has 4 rings (SSSR count). The van der Waals surface area contributed by atoms with Gasteiger partial charge in [0, 0.05) is 12.2 Å². The van der Waals surface area contributed by atoms with Crippen molar-refractivity contribution in [3.63, 3.8) is 0 Å². The first-order valence-corrected chi connectivity index (χ1v) is 11.3. The topological polar surface area (TPSA) is 107 Å². The summed E-state index contributed by atoms with van der Waals surface area (Å²) in [4.78, 5) is 21.3. The maximum atomic E-state index is 14.4. The first-order valence-electron chi connectivity index (χ1n) is 10.5. The summed E-state index contributed by atoms with van der Waals surface area (Å²) in [5.41, 5.74) is 13.8. The molecular formula is C23H25F2N5OS. The van der Waals surface area contributed by atoms with Crippen molar-refractivity contribution in [2.24, 2.45) is 11.7 Å². The van der Waals surface area contributed by atoms with E-state index in [4.69, 9.17) is 11.5 Å². The zero-order chi connectivity index (χ0) is 23.0. The van der Waals surface area contributed by atoms with Gasteiger partial charge in [0.05, 0.1) is 17.4 Å². The third-order valence-corrected chi connectivity index (χ3v) is 6.69. The number of anilines is 2. The van der Waals surface area contributed by atoms with E-state index in [1.165, 1.54) is 12.1 Å². The van der Waals surface area contributed by atoms with Gasteiger partial charge in [-0.1, -0.05) is 18.3 Å². The van der Waals surface area contributed by atoms with E-state index in [-0.39, 0.29) is 33.2 Å². The zero-order valence-corrected chi connectivity index (χ0v) is 18.7. The van der Waals surface area contributed by atoms with Crippen molar-refractivity contribution in [3.8, 4) is 10.6 Å². The van der Waals surface area contributed by atoms with Crippen LogP contribution in [0.1, 0.15) is 53.7 Å². The maximum absolute atomic E-state index is 14.4. The predicted octanol–water partition coefficient (Wildman–Crippen LogP) is 4.86. The number of benzene rings is 1. The maximum Gasteiger partial charge on any atom is 0.277 e. The van der Waals surface area contributed by atoms with Crippen LogP contribution in [0.15, 0.2) is 30.6 Å². The minimum absolute atomic E-state index is 0.0149. The summed E-state index contributed by atoms with van der Waals surface area (Å²) >= 11 is 0.867. The van der Waals surface area contributed by atoms with Crippen LogP contribution in [0.5, 0.6) is 0 Å². The molecule has 2 aromatic heterocycles. The molecule has 168 valence electrons. The van der Waals surface area contributed by atoms with E-state index in [1.54, 1.807) is 19.3 Å². The van der Waals surface area contributed by atoms with Crippen molar-refractivity contribution in [2.45, 2.75) is 45.1 Å². The molecule has 1 saturated carbocycles. The summed E-state index contributed by atoms with van der Waals surface area (Å²) in [6, 6.07) is 4.43. The van der Waals surface area contributed by atoms with Crippen LogP contribution >= 0.6 is 11.3 Å². The van der Waals surface area contributed by atoms with Crippen LogP contribution < -0.4 is 16.8 Å². The molecule has 1 aliphatic rings. The van der Waals surface area contributed by atoms with Gasteiger partial charge in [-0.2, -0.15) is 0 Å². The molecule has 1 aliphatic carbocycles. The van der Waals surface area contributed by atoms with Gasteiger partial charge in [0.1, 0.15) is 21.6 Å². The van der Waals surface area contributed by atoms with E-state index >= 15 is 0 Å². The summed E-state index contributed by atoms with van der Waals surface area (Å²) in [5.74, 6) is -1.37. The number of thiazole rings is 1. The lowest BCUT2D eigenvalue weighted by atomic mass is 9.76. The molecular weight excluding hydrogens is 432 g/mol. The lowest BCUT2D eigenvalue weighted by Crippen LogP contribution is -2.31. The molecule has 1 amide bonds. The van der Waals surface area contributed by atoms with E-state index in [2.05, 4.69) is 22.2 Å². The lowest BCUT2D eigenvalue weighted by molar-refractivity contribution is 0.102. The number of pyridine rings is 1. The van der Waals surface area contributed by atoms with E-state index in [9.17, 15) is 13.6 Å². The largest absolute Gasteiger partial charge is 0.389 e. The number of amides is 1. The summed E-state index contributed by atoms with van der Waals surface area (Å²) in [5, 5.41) is 2.93. The summed E-state index contributed by atoms with van der Waals surface area (Å²) in [7, 11) is 0. The molecule has 0 spiro atoms. The van der Waals surface area contributed by atoms with E-state index in [1.807, 2.05) is 6.07 Å². The number of aromatic nitrogens is 2. The van der Waals surface area contributed by atoms with Crippen molar-refractivity contribution in [3.05, 3.63) is 59.0 Å². The fourth-order valence-corrected chi connectivity index (χ4v) is 5.34. The molecule has 6 nitrogen and oxygen atoms in total. The Morgan fingerprint density at radius 3 is 2.62 bits per heavy atom. The molecule has 3 aromatic rings. The van der Waals surface area contributed by atoms with Crippen molar-refractivity contribution < 1.29 is 13.6 Å². The van der Waals surface area contributed by atoms with Crippen molar-refractivity contribution in [1.82, 2.24) is 9.97 Å². The monoisotopic (exact) mass is 457 g/mol.